The molecule has 0 aromatic heterocycles. The first kappa shape index (κ1) is 12.7. The predicted octanol–water partition coefficient (Wildman–Crippen LogP) is 1.45. The van der Waals surface area contributed by atoms with Crippen LogP contribution >= 0.6 is 0 Å². The summed E-state index contributed by atoms with van der Waals surface area (Å²) in [6.45, 7) is 3.41. The van der Waals surface area contributed by atoms with Crippen molar-refractivity contribution in [1.29, 1.82) is 0 Å². The van der Waals surface area contributed by atoms with E-state index in [-0.39, 0.29) is 19.8 Å². The van der Waals surface area contributed by atoms with Gasteiger partial charge in [0.25, 0.3) is 0 Å². The van der Waals surface area contributed by atoms with Gasteiger partial charge in [-0.2, -0.15) is 0 Å². The van der Waals surface area contributed by atoms with Crippen LogP contribution in [0, 0.1) is 6.92 Å². The fourth-order valence-electron chi connectivity index (χ4n) is 2.22. The Morgan fingerprint density at radius 3 is 2.56 bits per heavy atom. The maximum absolute atomic E-state index is 11.5. The smallest absolute Gasteiger partial charge is 0.313 e. The summed E-state index contributed by atoms with van der Waals surface area (Å²) in [4.78, 5) is 11.5. The summed E-state index contributed by atoms with van der Waals surface area (Å²) >= 11 is 0. The van der Waals surface area contributed by atoms with Crippen molar-refractivity contribution in [2.24, 2.45) is 0 Å². The van der Waals surface area contributed by atoms with Gasteiger partial charge >= 0.3 is 5.97 Å². The molecule has 2 rings (SSSR count). The Kier molecular flexibility index (Phi) is 3.17. The second kappa shape index (κ2) is 4.49. The van der Waals surface area contributed by atoms with E-state index in [0.29, 0.717) is 17.1 Å². The van der Waals surface area contributed by atoms with E-state index in [2.05, 4.69) is 0 Å². The van der Waals surface area contributed by atoms with Crippen molar-refractivity contribution in [2.75, 3.05) is 13.4 Å². The van der Waals surface area contributed by atoms with E-state index in [9.17, 15) is 9.90 Å². The third-order valence-electron chi connectivity index (χ3n) is 3.40. The maximum atomic E-state index is 11.5. The Labute approximate surface area is 105 Å². The number of fused-ring (bicyclic) bond motifs is 1. The molecule has 0 aliphatic carbocycles. The fourth-order valence-corrected chi connectivity index (χ4v) is 2.22. The van der Waals surface area contributed by atoms with Gasteiger partial charge in [-0.15, -0.1) is 0 Å². The number of aliphatic carboxylic acids is 1. The number of benzene rings is 1. The fraction of sp³-hybridized carbons (Fsp3) is 0.462. The molecule has 1 aliphatic heterocycles. The zero-order valence-corrected chi connectivity index (χ0v) is 10.4. The van der Waals surface area contributed by atoms with E-state index in [1.54, 1.807) is 19.1 Å². The molecule has 0 amide bonds. The van der Waals surface area contributed by atoms with Gasteiger partial charge < -0.3 is 19.7 Å². The summed E-state index contributed by atoms with van der Waals surface area (Å²) in [6, 6.07) is 3.47. The Morgan fingerprint density at radius 2 is 2.00 bits per heavy atom. The highest BCUT2D eigenvalue weighted by Crippen LogP contribution is 2.40. The molecule has 98 valence electrons. The summed E-state index contributed by atoms with van der Waals surface area (Å²) in [5.41, 5.74) is 0.339. The van der Waals surface area contributed by atoms with Gasteiger partial charge in [-0.25, -0.2) is 0 Å². The number of ether oxygens (including phenoxy) is 2. The molecule has 5 nitrogen and oxygen atoms in total. The van der Waals surface area contributed by atoms with Crippen LogP contribution in [-0.4, -0.2) is 29.6 Å². The standard InChI is InChI=1S/C13H16O5/c1-8-5-10-11(18-7-17-10)6-9(8)13(2,3-4-14)12(15)16/h5-6,14H,3-4,7H2,1-2H3,(H,15,16). The number of carboxylic acid groups (broad SMARTS) is 1. The van der Waals surface area contributed by atoms with Crippen molar-refractivity contribution in [3.05, 3.63) is 23.3 Å². The lowest BCUT2D eigenvalue weighted by molar-refractivity contribution is -0.143. The van der Waals surface area contributed by atoms with Crippen molar-refractivity contribution in [3.63, 3.8) is 0 Å². The van der Waals surface area contributed by atoms with Crippen LogP contribution in [0.25, 0.3) is 0 Å². The average molecular weight is 252 g/mol. The summed E-state index contributed by atoms with van der Waals surface area (Å²) in [6.07, 6.45) is 0.156. The van der Waals surface area contributed by atoms with E-state index in [4.69, 9.17) is 14.6 Å². The zero-order valence-electron chi connectivity index (χ0n) is 10.4. The normalized spacial score (nSPS) is 16.4. The highest BCUT2D eigenvalue weighted by atomic mass is 16.7. The van der Waals surface area contributed by atoms with Crippen LogP contribution in [0.5, 0.6) is 11.5 Å². The zero-order chi connectivity index (χ0) is 13.3. The summed E-state index contributed by atoms with van der Waals surface area (Å²) < 4.78 is 10.5. The van der Waals surface area contributed by atoms with Gasteiger partial charge in [-0.3, -0.25) is 4.79 Å². The molecule has 1 unspecified atom stereocenters. The van der Waals surface area contributed by atoms with Gasteiger partial charge in [-0.1, -0.05) is 0 Å². The lowest BCUT2D eigenvalue weighted by Crippen LogP contribution is -2.34. The molecule has 0 saturated heterocycles. The lowest BCUT2D eigenvalue weighted by atomic mass is 9.77. The Morgan fingerprint density at radius 1 is 1.39 bits per heavy atom. The van der Waals surface area contributed by atoms with Gasteiger partial charge in [0.05, 0.1) is 5.41 Å². The molecule has 1 aliphatic rings. The average Bonchev–Trinajstić information content (AvgIpc) is 2.74. The molecular formula is C13H16O5. The van der Waals surface area contributed by atoms with Gasteiger partial charge in [0.1, 0.15) is 0 Å². The van der Waals surface area contributed by atoms with Crippen LogP contribution in [0.3, 0.4) is 0 Å². The molecule has 1 aromatic rings. The number of rotatable bonds is 4. The van der Waals surface area contributed by atoms with Crippen molar-refractivity contribution in [2.45, 2.75) is 25.7 Å². The van der Waals surface area contributed by atoms with Crippen LogP contribution in [-0.2, 0) is 10.2 Å². The molecule has 0 bridgehead atoms. The summed E-state index contributed by atoms with van der Waals surface area (Å²) in [5, 5.41) is 18.5. The van der Waals surface area contributed by atoms with Crippen LogP contribution in [0.2, 0.25) is 0 Å². The second-order valence-corrected chi connectivity index (χ2v) is 4.63. The first-order valence-corrected chi connectivity index (χ1v) is 5.74. The largest absolute Gasteiger partial charge is 0.481 e. The van der Waals surface area contributed by atoms with E-state index in [1.165, 1.54) is 0 Å². The third-order valence-corrected chi connectivity index (χ3v) is 3.40. The van der Waals surface area contributed by atoms with E-state index < -0.39 is 11.4 Å². The molecule has 2 N–H and O–H groups in total. The van der Waals surface area contributed by atoms with Crippen molar-refractivity contribution in [3.8, 4) is 11.5 Å². The molecular weight excluding hydrogens is 236 g/mol. The predicted molar refractivity (Wildman–Crippen MR) is 64.0 cm³/mol. The number of aliphatic hydroxyl groups excluding tert-OH is 1. The first-order valence-electron chi connectivity index (χ1n) is 5.74. The van der Waals surface area contributed by atoms with Crippen molar-refractivity contribution in [1.82, 2.24) is 0 Å². The molecule has 0 spiro atoms. The number of carbonyl (C=O) groups is 1. The second-order valence-electron chi connectivity index (χ2n) is 4.63. The van der Waals surface area contributed by atoms with Gasteiger partial charge in [0.2, 0.25) is 6.79 Å². The monoisotopic (exact) mass is 252 g/mol. The highest BCUT2D eigenvalue weighted by molar-refractivity contribution is 5.82. The SMILES string of the molecule is Cc1cc2c(cc1C(C)(CCO)C(=O)O)OCO2. The number of carboxylic acids is 1. The molecule has 1 atom stereocenters. The van der Waals surface area contributed by atoms with Crippen LogP contribution < -0.4 is 9.47 Å². The highest BCUT2D eigenvalue weighted by Gasteiger charge is 2.37. The van der Waals surface area contributed by atoms with Gasteiger partial charge in [0.15, 0.2) is 11.5 Å². The maximum Gasteiger partial charge on any atom is 0.313 e. The minimum atomic E-state index is -1.13. The number of aryl methyl sites for hydroxylation is 1. The van der Waals surface area contributed by atoms with Gasteiger partial charge in [-0.05, 0) is 43.5 Å². The van der Waals surface area contributed by atoms with Gasteiger partial charge in [0, 0.05) is 6.61 Å². The minimum Gasteiger partial charge on any atom is -0.481 e. The summed E-state index contributed by atoms with van der Waals surface area (Å²) in [5.74, 6) is 0.229. The molecule has 1 heterocycles. The van der Waals surface area contributed by atoms with Crippen molar-refractivity contribution >= 4 is 5.97 Å². The molecule has 0 radical (unpaired) electrons. The Bertz CT molecular complexity index is 483. The lowest BCUT2D eigenvalue weighted by Gasteiger charge is -2.26. The number of hydrogen-bond donors (Lipinski definition) is 2. The van der Waals surface area contributed by atoms with E-state index >= 15 is 0 Å². The minimum absolute atomic E-state index is 0.155. The van der Waals surface area contributed by atoms with Crippen LogP contribution in [0.1, 0.15) is 24.5 Å². The molecule has 18 heavy (non-hydrogen) atoms. The quantitative estimate of drug-likeness (QED) is 0.848. The van der Waals surface area contributed by atoms with E-state index in [1.807, 2.05) is 6.92 Å². The van der Waals surface area contributed by atoms with Crippen molar-refractivity contribution < 1.29 is 24.5 Å². The van der Waals surface area contributed by atoms with E-state index in [0.717, 1.165) is 5.56 Å². The van der Waals surface area contributed by atoms with Crippen LogP contribution in [0.4, 0.5) is 0 Å². The number of aliphatic hydroxyl groups is 1. The molecule has 1 aromatic carbocycles. The number of hydrogen-bond acceptors (Lipinski definition) is 4. The first-order chi connectivity index (χ1) is 8.49. The topological polar surface area (TPSA) is 76.0 Å². The Hall–Kier alpha value is -1.75. The molecule has 5 heteroatoms. The molecule has 0 fully saturated rings. The molecule has 0 saturated carbocycles. The third kappa shape index (κ3) is 1.90. The summed E-state index contributed by atoms with van der Waals surface area (Å²) in [7, 11) is 0. The van der Waals surface area contributed by atoms with Crippen LogP contribution in [0.15, 0.2) is 12.1 Å². The Balaban J connectivity index is 2.52.